The summed E-state index contributed by atoms with van der Waals surface area (Å²) in [4.78, 5) is 28.9. The van der Waals surface area contributed by atoms with Crippen molar-refractivity contribution in [3.05, 3.63) is 88.4 Å². The molecular weight excluding hydrogens is 546 g/mol. The second-order valence-electron chi connectivity index (χ2n) is 12.5. The van der Waals surface area contributed by atoms with Gasteiger partial charge in [0.15, 0.2) is 8.32 Å². The van der Waals surface area contributed by atoms with Crippen LogP contribution in [0.2, 0.25) is 18.1 Å². The van der Waals surface area contributed by atoms with E-state index in [4.69, 9.17) is 14.9 Å². The monoisotopic (exact) mass is 587 g/mol. The number of para-hydroxylation sites is 1. The van der Waals surface area contributed by atoms with Crippen LogP contribution in [0.4, 0.5) is 0 Å². The van der Waals surface area contributed by atoms with Gasteiger partial charge in [-0.05, 0) is 73.1 Å². The summed E-state index contributed by atoms with van der Waals surface area (Å²) in [5, 5.41) is 4.53. The Bertz CT molecular complexity index is 1650. The van der Waals surface area contributed by atoms with Crippen LogP contribution in [-0.2, 0) is 9.22 Å². The predicted molar refractivity (Wildman–Crippen MR) is 168 cm³/mol. The van der Waals surface area contributed by atoms with Crippen molar-refractivity contribution < 1.29 is 14.0 Å². The number of nitrogens with two attached hydrogens (primary N) is 1. The molecule has 0 bridgehead atoms. The van der Waals surface area contributed by atoms with E-state index in [1.165, 1.54) is 6.08 Å². The van der Waals surface area contributed by atoms with Crippen LogP contribution in [0.5, 0.6) is 11.5 Å². The molecule has 42 heavy (non-hydrogen) atoms. The van der Waals surface area contributed by atoms with Gasteiger partial charge in [0, 0.05) is 19.6 Å². The van der Waals surface area contributed by atoms with Crippen LogP contribution >= 0.6 is 0 Å². The third-order valence-corrected chi connectivity index (χ3v) is 13.1. The Labute approximate surface area is 247 Å². The fraction of sp³-hybridized carbons (Fsp3) is 0.375. The number of hydrogen-bond acceptors (Lipinski definition) is 6. The lowest BCUT2D eigenvalue weighted by atomic mass is 10.0. The van der Waals surface area contributed by atoms with Gasteiger partial charge in [0.2, 0.25) is 5.91 Å². The van der Waals surface area contributed by atoms with E-state index >= 15 is 0 Å². The zero-order chi connectivity index (χ0) is 30.2. The Morgan fingerprint density at radius 1 is 1.07 bits per heavy atom. The third kappa shape index (κ3) is 5.69. The summed E-state index contributed by atoms with van der Waals surface area (Å²) < 4.78 is 16.2. The number of carbonyl (C=O) groups is 1. The van der Waals surface area contributed by atoms with Crippen LogP contribution in [0, 0.1) is 0 Å². The van der Waals surface area contributed by atoms with Gasteiger partial charge in [-0.15, -0.1) is 0 Å². The number of nitrogens with one attached hydrogen (secondary N) is 1. The van der Waals surface area contributed by atoms with Gasteiger partial charge in [-0.25, -0.2) is 4.79 Å². The number of ether oxygens (including phenoxy) is 1. The van der Waals surface area contributed by atoms with Crippen LogP contribution < -0.4 is 32.2 Å². The van der Waals surface area contributed by atoms with Crippen molar-refractivity contribution in [1.82, 2.24) is 19.4 Å². The highest BCUT2D eigenvalue weighted by atomic mass is 28.4. The Morgan fingerprint density at radius 2 is 1.74 bits per heavy atom. The molecule has 2 aliphatic rings. The van der Waals surface area contributed by atoms with Gasteiger partial charge in [-0.2, -0.15) is 0 Å². The van der Waals surface area contributed by atoms with E-state index < -0.39 is 8.32 Å². The summed E-state index contributed by atoms with van der Waals surface area (Å²) in [7, 11) is -2.14. The molecule has 3 heterocycles. The van der Waals surface area contributed by atoms with E-state index in [2.05, 4.69) is 45.8 Å². The zero-order valence-corrected chi connectivity index (χ0v) is 26.1. The van der Waals surface area contributed by atoms with Crippen molar-refractivity contribution in [2.24, 2.45) is 5.73 Å². The first-order valence-corrected chi connectivity index (χ1v) is 17.3. The smallest absolute Gasteiger partial charge is 0.334 e. The molecule has 2 aliphatic heterocycles. The van der Waals surface area contributed by atoms with Crippen LogP contribution in [0.1, 0.15) is 33.2 Å². The maximum atomic E-state index is 14.3. The van der Waals surface area contributed by atoms with Crippen LogP contribution in [0.25, 0.3) is 17.6 Å². The Hall–Kier alpha value is -4.02. The predicted octanol–water partition coefficient (Wildman–Crippen LogP) is 3.19. The lowest BCUT2D eigenvalue weighted by Gasteiger charge is -2.44. The number of nitrogens with zero attached hydrogens (tertiary/aromatic N) is 3. The summed E-state index contributed by atoms with van der Waals surface area (Å²) in [5.41, 5.74) is 6.92. The molecule has 3 N–H and O–H groups in total. The first-order valence-electron chi connectivity index (χ1n) is 14.4. The number of fused-ring (bicyclic) bond motifs is 1. The van der Waals surface area contributed by atoms with Gasteiger partial charge >= 0.3 is 5.69 Å². The molecule has 2 atom stereocenters. The average Bonchev–Trinajstić information content (AvgIpc) is 3.25. The highest BCUT2D eigenvalue weighted by Crippen LogP contribution is 2.39. The van der Waals surface area contributed by atoms with Gasteiger partial charge in [-0.1, -0.05) is 45.5 Å². The summed E-state index contributed by atoms with van der Waals surface area (Å²) in [5.74, 6) is 1.64. The molecule has 1 saturated heterocycles. The van der Waals surface area contributed by atoms with Crippen molar-refractivity contribution in [3.8, 4) is 17.2 Å². The molecule has 2 aromatic carbocycles. The van der Waals surface area contributed by atoms with Gasteiger partial charge < -0.3 is 25.1 Å². The number of rotatable bonds is 7. The first kappa shape index (κ1) is 29.5. The molecule has 1 fully saturated rings. The zero-order valence-electron chi connectivity index (χ0n) is 25.1. The van der Waals surface area contributed by atoms with E-state index in [0.717, 1.165) is 11.1 Å². The highest BCUT2D eigenvalue weighted by molar-refractivity contribution is 6.74. The topological polar surface area (TPSA) is 104 Å². The number of imidazole rings is 1. The normalized spacial score (nSPS) is 19.0. The van der Waals surface area contributed by atoms with Crippen molar-refractivity contribution >= 4 is 26.1 Å². The molecule has 0 aliphatic carbocycles. The maximum Gasteiger partial charge on any atom is 0.334 e. The number of benzene rings is 2. The number of aromatic nitrogens is 2. The molecule has 1 unspecified atom stereocenters. The molecule has 1 amide bonds. The first-order chi connectivity index (χ1) is 19.9. The number of hydrogen-bond donors (Lipinski definition) is 2. The van der Waals surface area contributed by atoms with Gasteiger partial charge in [0.1, 0.15) is 22.7 Å². The molecule has 3 aromatic rings. The molecule has 5 rings (SSSR count). The largest absolute Gasteiger partial charge is 0.457 e. The summed E-state index contributed by atoms with van der Waals surface area (Å²) in [6.45, 7) is 16.1. The minimum absolute atomic E-state index is 0.00575. The SMILES string of the molecule is C=CC(=O)N1CC(n2c3c(n(-c4ccc(Oc5ccccc5)cc4)c2=O)=C(N)NCC=3)C[C@@H](O[Si](C)(C)C(C)(C)C)C1. The number of piperidine rings is 1. The molecule has 222 valence electrons. The standard InChI is InChI=1S/C32H41N5O4Si/c1-7-28(38)35-20-23(19-26(21-35)41-42(5,6)32(2,3)4)36-27-17-18-34-30(33)29(27)37(31(36)39)22-13-15-25(16-14-22)40-24-11-9-8-10-12-24/h7-17,23,26,34H,1,18-21,33H2,2-6H3/t23?,26-/m1/s1. The van der Waals surface area contributed by atoms with E-state index in [9.17, 15) is 9.59 Å². The Balaban J connectivity index is 1.56. The number of carbonyl (C=O) groups excluding carboxylic acids is 1. The Morgan fingerprint density at radius 3 is 2.38 bits per heavy atom. The van der Waals surface area contributed by atoms with Gasteiger partial charge in [0.05, 0.1) is 23.2 Å². The highest BCUT2D eigenvalue weighted by Gasteiger charge is 2.42. The molecule has 1 aromatic heterocycles. The van der Waals surface area contributed by atoms with Gasteiger partial charge in [-0.3, -0.25) is 13.9 Å². The maximum absolute atomic E-state index is 14.3. The van der Waals surface area contributed by atoms with E-state index in [1.807, 2.05) is 60.7 Å². The van der Waals surface area contributed by atoms with Crippen molar-refractivity contribution in [3.63, 3.8) is 0 Å². The summed E-state index contributed by atoms with van der Waals surface area (Å²) >= 11 is 0. The van der Waals surface area contributed by atoms with Crippen LogP contribution in [-0.4, -0.2) is 54.0 Å². The molecular formula is C32H41N5O4Si. The number of amides is 1. The lowest BCUT2D eigenvalue weighted by molar-refractivity contribution is -0.129. The Kier molecular flexibility index (Phi) is 7.95. The third-order valence-electron chi connectivity index (χ3n) is 8.55. The molecule has 0 radical (unpaired) electrons. The second-order valence-corrected chi connectivity index (χ2v) is 17.2. The second kappa shape index (κ2) is 11.3. The van der Waals surface area contributed by atoms with E-state index in [-0.39, 0.29) is 28.8 Å². The molecule has 0 saturated carbocycles. The summed E-state index contributed by atoms with van der Waals surface area (Å²) in [6, 6.07) is 16.6. The number of likely N-dealkylation sites (tertiary alicyclic amines) is 1. The fourth-order valence-corrected chi connectivity index (χ4v) is 6.77. The minimum atomic E-state index is -2.14. The minimum Gasteiger partial charge on any atom is -0.457 e. The molecule has 9 nitrogen and oxygen atoms in total. The van der Waals surface area contributed by atoms with Crippen molar-refractivity contribution in [1.29, 1.82) is 0 Å². The van der Waals surface area contributed by atoms with Gasteiger partial charge in [0.25, 0.3) is 0 Å². The average molecular weight is 588 g/mol. The van der Waals surface area contributed by atoms with Crippen LogP contribution in [0.3, 0.4) is 0 Å². The quantitative estimate of drug-likeness (QED) is 0.325. The lowest BCUT2D eigenvalue weighted by Crippen LogP contribution is -2.54. The molecule has 0 spiro atoms. The summed E-state index contributed by atoms with van der Waals surface area (Å²) in [6.07, 6.45) is 3.70. The fourth-order valence-electron chi connectivity index (χ4n) is 5.41. The molecule has 10 heteroatoms. The van der Waals surface area contributed by atoms with Crippen LogP contribution in [0.15, 0.2) is 72.0 Å². The van der Waals surface area contributed by atoms with E-state index in [0.29, 0.717) is 48.7 Å². The van der Waals surface area contributed by atoms with E-state index in [1.54, 1.807) is 14.0 Å². The van der Waals surface area contributed by atoms with Crippen molar-refractivity contribution in [2.45, 2.75) is 57.5 Å². The van der Waals surface area contributed by atoms with Crippen molar-refractivity contribution in [2.75, 3.05) is 19.6 Å².